The second kappa shape index (κ2) is 6.48. The van der Waals surface area contributed by atoms with Gasteiger partial charge in [0.05, 0.1) is 0 Å². The highest BCUT2D eigenvalue weighted by molar-refractivity contribution is 5.97. The van der Waals surface area contributed by atoms with Crippen molar-refractivity contribution in [1.29, 1.82) is 0 Å². The van der Waals surface area contributed by atoms with Crippen LogP contribution in [0.4, 0.5) is 0 Å². The van der Waals surface area contributed by atoms with Crippen LogP contribution < -0.4 is 11.5 Å². The van der Waals surface area contributed by atoms with E-state index in [4.69, 9.17) is 11.5 Å². The second-order valence-corrected chi connectivity index (χ2v) is 3.69. The predicted octanol–water partition coefficient (Wildman–Crippen LogP) is 1.88. The lowest BCUT2D eigenvalue weighted by molar-refractivity contribution is 0.959. The van der Waals surface area contributed by atoms with E-state index < -0.39 is 0 Å². The maximum Gasteiger partial charge on any atom is 0.153 e. The van der Waals surface area contributed by atoms with Crippen LogP contribution in [0.5, 0.6) is 0 Å². The highest BCUT2D eigenvalue weighted by Crippen LogP contribution is 2.00. The minimum atomic E-state index is 0.0623. The Hall–Kier alpha value is -2.10. The summed E-state index contributed by atoms with van der Waals surface area (Å²) in [4.78, 5) is 0. The van der Waals surface area contributed by atoms with Gasteiger partial charge in [0.2, 0.25) is 0 Å². The standard InChI is InChI=1S/C13H18N4/c1-3-7-10(2)12(14)16-17-13(15)11-8-5-4-6-9-11/h3-10H,1-2H3,(H2,14,16)(H2,15,17)/b7-3-. The van der Waals surface area contributed by atoms with Gasteiger partial charge >= 0.3 is 0 Å². The second-order valence-electron chi connectivity index (χ2n) is 3.69. The predicted molar refractivity (Wildman–Crippen MR) is 72.8 cm³/mol. The molecule has 1 atom stereocenters. The summed E-state index contributed by atoms with van der Waals surface area (Å²) < 4.78 is 0. The molecule has 4 heteroatoms. The highest BCUT2D eigenvalue weighted by atomic mass is 15.3. The molecule has 0 aliphatic carbocycles. The molecule has 0 spiro atoms. The average Bonchev–Trinajstić information content (AvgIpc) is 2.36. The zero-order valence-corrected chi connectivity index (χ0v) is 10.2. The number of hydrogen-bond acceptors (Lipinski definition) is 2. The maximum absolute atomic E-state index is 5.79. The molecule has 0 radical (unpaired) electrons. The molecule has 1 aromatic rings. The summed E-state index contributed by atoms with van der Waals surface area (Å²) in [5, 5.41) is 7.85. The van der Waals surface area contributed by atoms with Crippen LogP contribution in [0, 0.1) is 5.92 Å². The summed E-state index contributed by atoms with van der Waals surface area (Å²) in [7, 11) is 0. The lowest BCUT2D eigenvalue weighted by atomic mass is 10.1. The molecule has 0 saturated carbocycles. The first-order valence-corrected chi connectivity index (χ1v) is 5.50. The molecule has 17 heavy (non-hydrogen) atoms. The van der Waals surface area contributed by atoms with Crippen LogP contribution in [0.3, 0.4) is 0 Å². The van der Waals surface area contributed by atoms with Crippen LogP contribution in [-0.2, 0) is 0 Å². The Morgan fingerprint density at radius 2 is 1.82 bits per heavy atom. The van der Waals surface area contributed by atoms with Crippen LogP contribution in [0.15, 0.2) is 52.7 Å². The van der Waals surface area contributed by atoms with Gasteiger partial charge < -0.3 is 11.5 Å². The van der Waals surface area contributed by atoms with Gasteiger partial charge in [0, 0.05) is 11.5 Å². The SMILES string of the molecule is C/C=C\C(C)/C(N)=N/N=C(\N)c1ccccc1. The summed E-state index contributed by atoms with van der Waals surface area (Å²) in [6.45, 7) is 3.89. The van der Waals surface area contributed by atoms with E-state index in [1.807, 2.05) is 56.3 Å². The number of amidine groups is 2. The van der Waals surface area contributed by atoms with E-state index in [1.54, 1.807) is 0 Å². The van der Waals surface area contributed by atoms with Crippen molar-refractivity contribution < 1.29 is 0 Å². The summed E-state index contributed by atoms with van der Waals surface area (Å²) >= 11 is 0. The summed E-state index contributed by atoms with van der Waals surface area (Å²) in [5.41, 5.74) is 12.4. The van der Waals surface area contributed by atoms with E-state index in [-0.39, 0.29) is 5.92 Å². The van der Waals surface area contributed by atoms with Crippen molar-refractivity contribution >= 4 is 11.7 Å². The van der Waals surface area contributed by atoms with Crippen molar-refractivity contribution in [2.75, 3.05) is 0 Å². The van der Waals surface area contributed by atoms with Crippen LogP contribution >= 0.6 is 0 Å². The Kier molecular flexibility index (Phi) is 4.94. The Bertz CT molecular complexity index is 432. The molecule has 0 aromatic heterocycles. The fourth-order valence-corrected chi connectivity index (χ4v) is 1.26. The lowest BCUT2D eigenvalue weighted by Crippen LogP contribution is -2.20. The lowest BCUT2D eigenvalue weighted by Gasteiger charge is -2.03. The minimum Gasteiger partial charge on any atom is -0.385 e. The van der Waals surface area contributed by atoms with Gasteiger partial charge in [0.1, 0.15) is 5.84 Å². The van der Waals surface area contributed by atoms with E-state index in [0.717, 1.165) is 5.56 Å². The minimum absolute atomic E-state index is 0.0623. The first-order chi connectivity index (χ1) is 8.15. The third-order valence-electron chi connectivity index (χ3n) is 2.29. The molecule has 1 unspecified atom stereocenters. The van der Waals surface area contributed by atoms with Crippen molar-refractivity contribution in [3.05, 3.63) is 48.0 Å². The first-order valence-electron chi connectivity index (χ1n) is 5.50. The van der Waals surface area contributed by atoms with Crippen molar-refractivity contribution in [1.82, 2.24) is 0 Å². The summed E-state index contributed by atoms with van der Waals surface area (Å²) in [5.74, 6) is 0.871. The van der Waals surface area contributed by atoms with E-state index in [1.165, 1.54) is 0 Å². The molecular weight excluding hydrogens is 212 g/mol. The number of benzene rings is 1. The number of nitrogens with zero attached hydrogens (tertiary/aromatic N) is 2. The van der Waals surface area contributed by atoms with Gasteiger partial charge in [-0.3, -0.25) is 0 Å². The van der Waals surface area contributed by atoms with Crippen molar-refractivity contribution in [2.24, 2.45) is 27.6 Å². The molecule has 0 heterocycles. The number of nitrogens with two attached hydrogens (primary N) is 2. The molecule has 0 aliphatic rings. The molecule has 0 aliphatic heterocycles. The quantitative estimate of drug-likeness (QED) is 0.358. The molecule has 0 saturated heterocycles. The topological polar surface area (TPSA) is 76.8 Å². The smallest absolute Gasteiger partial charge is 0.153 e. The van der Waals surface area contributed by atoms with E-state index in [9.17, 15) is 0 Å². The zero-order chi connectivity index (χ0) is 12.7. The molecular formula is C13H18N4. The van der Waals surface area contributed by atoms with Crippen LogP contribution in [0.2, 0.25) is 0 Å². The molecule has 1 rings (SSSR count). The monoisotopic (exact) mass is 230 g/mol. The fourth-order valence-electron chi connectivity index (χ4n) is 1.26. The third-order valence-corrected chi connectivity index (χ3v) is 2.29. The molecule has 1 aromatic carbocycles. The largest absolute Gasteiger partial charge is 0.385 e. The molecule has 90 valence electrons. The van der Waals surface area contributed by atoms with E-state index in [2.05, 4.69) is 10.2 Å². The fraction of sp³-hybridized carbons (Fsp3) is 0.231. The van der Waals surface area contributed by atoms with Gasteiger partial charge in [-0.2, -0.15) is 0 Å². The molecule has 4 N–H and O–H groups in total. The van der Waals surface area contributed by atoms with E-state index in [0.29, 0.717) is 11.7 Å². The third kappa shape index (κ3) is 4.10. The van der Waals surface area contributed by atoms with Gasteiger partial charge in [0.15, 0.2) is 5.84 Å². The van der Waals surface area contributed by atoms with Crippen molar-refractivity contribution in [3.8, 4) is 0 Å². The van der Waals surface area contributed by atoms with Gasteiger partial charge in [-0.05, 0) is 6.92 Å². The Balaban J connectivity index is 2.80. The molecule has 0 fully saturated rings. The van der Waals surface area contributed by atoms with Gasteiger partial charge in [0.25, 0.3) is 0 Å². The number of hydrogen-bond donors (Lipinski definition) is 2. The summed E-state index contributed by atoms with van der Waals surface area (Å²) in [6, 6.07) is 9.46. The Labute approximate surface area is 102 Å². The van der Waals surface area contributed by atoms with Gasteiger partial charge in [-0.15, -0.1) is 10.2 Å². The average molecular weight is 230 g/mol. The van der Waals surface area contributed by atoms with Crippen LogP contribution in [0.25, 0.3) is 0 Å². The number of rotatable bonds is 4. The highest BCUT2D eigenvalue weighted by Gasteiger charge is 2.01. The Morgan fingerprint density at radius 3 is 2.41 bits per heavy atom. The molecule has 0 bridgehead atoms. The van der Waals surface area contributed by atoms with Crippen molar-refractivity contribution in [3.63, 3.8) is 0 Å². The van der Waals surface area contributed by atoms with Crippen molar-refractivity contribution in [2.45, 2.75) is 13.8 Å². The van der Waals surface area contributed by atoms with Gasteiger partial charge in [-0.1, -0.05) is 49.4 Å². The molecule has 0 amide bonds. The number of allylic oxidation sites excluding steroid dienone is 1. The summed E-state index contributed by atoms with van der Waals surface area (Å²) in [6.07, 6.45) is 3.88. The van der Waals surface area contributed by atoms with Crippen LogP contribution in [0.1, 0.15) is 19.4 Å². The Morgan fingerprint density at radius 1 is 1.18 bits per heavy atom. The van der Waals surface area contributed by atoms with E-state index >= 15 is 0 Å². The normalized spacial score (nSPS) is 15.2. The first kappa shape index (κ1) is 13.0. The van der Waals surface area contributed by atoms with Crippen LogP contribution in [-0.4, -0.2) is 11.7 Å². The zero-order valence-electron chi connectivity index (χ0n) is 10.2. The maximum atomic E-state index is 5.79. The van der Waals surface area contributed by atoms with Gasteiger partial charge in [-0.25, -0.2) is 0 Å². The molecule has 4 nitrogen and oxygen atoms in total.